The molecule has 3 nitrogen and oxygen atoms in total. The molecule has 3 aromatic carbocycles. The summed E-state index contributed by atoms with van der Waals surface area (Å²) < 4.78 is 1.10. The van der Waals surface area contributed by atoms with Gasteiger partial charge in [0.15, 0.2) is 0 Å². The van der Waals surface area contributed by atoms with Gasteiger partial charge in [0.2, 0.25) is 0 Å². The van der Waals surface area contributed by atoms with Crippen molar-refractivity contribution in [1.29, 1.82) is 0 Å². The number of thiophene rings is 1. The fourth-order valence-electron chi connectivity index (χ4n) is 3.99. The van der Waals surface area contributed by atoms with Gasteiger partial charge in [0.25, 0.3) is 5.91 Å². The zero-order valence-electron chi connectivity index (χ0n) is 18.4. The number of pyridine rings is 1. The number of amides is 1. The second kappa shape index (κ2) is 8.21. The Kier molecular flexibility index (Phi) is 5.24. The highest BCUT2D eigenvalue weighted by molar-refractivity contribution is 7.22. The Morgan fingerprint density at radius 3 is 2.47 bits per heavy atom. The number of hydrogen-bond acceptors (Lipinski definition) is 3. The topological polar surface area (TPSA) is 42.0 Å². The number of para-hydroxylation sites is 1. The average molecular weight is 437 g/mol. The van der Waals surface area contributed by atoms with Crippen LogP contribution in [0, 0.1) is 20.8 Å². The number of nitrogens with one attached hydrogen (secondary N) is 1. The maximum atomic E-state index is 13.4. The minimum Gasteiger partial charge on any atom is -0.347 e. The van der Waals surface area contributed by atoms with Crippen molar-refractivity contribution in [2.24, 2.45) is 0 Å². The number of benzene rings is 3. The maximum Gasteiger partial charge on any atom is 0.262 e. The van der Waals surface area contributed by atoms with Crippen molar-refractivity contribution in [2.45, 2.75) is 27.3 Å². The predicted molar refractivity (Wildman–Crippen MR) is 134 cm³/mol. The first-order valence-corrected chi connectivity index (χ1v) is 11.5. The van der Waals surface area contributed by atoms with Gasteiger partial charge in [-0.15, -0.1) is 11.3 Å². The zero-order valence-corrected chi connectivity index (χ0v) is 19.2. The summed E-state index contributed by atoms with van der Waals surface area (Å²) in [6.07, 6.45) is 1.91. The van der Waals surface area contributed by atoms with E-state index in [0.29, 0.717) is 6.54 Å². The molecule has 0 bridgehead atoms. The molecule has 5 rings (SSSR count). The van der Waals surface area contributed by atoms with Gasteiger partial charge in [0.1, 0.15) is 4.88 Å². The molecular formula is C28H24N2OS. The van der Waals surface area contributed by atoms with E-state index < -0.39 is 0 Å². The van der Waals surface area contributed by atoms with Crippen LogP contribution >= 0.6 is 11.3 Å². The van der Waals surface area contributed by atoms with Gasteiger partial charge >= 0.3 is 0 Å². The summed E-state index contributed by atoms with van der Waals surface area (Å²) in [6.45, 7) is 6.78. The molecule has 5 aromatic rings. The second-order valence-corrected chi connectivity index (χ2v) is 9.31. The summed E-state index contributed by atoms with van der Waals surface area (Å²) in [5, 5.41) is 5.24. The first kappa shape index (κ1) is 20.4. The van der Waals surface area contributed by atoms with E-state index in [4.69, 9.17) is 0 Å². The Balaban J connectivity index is 1.64. The highest BCUT2D eigenvalue weighted by Gasteiger charge is 2.21. The summed E-state index contributed by atoms with van der Waals surface area (Å²) in [4.78, 5) is 18.8. The fourth-order valence-corrected chi connectivity index (χ4v) is 5.24. The van der Waals surface area contributed by atoms with Gasteiger partial charge in [-0.1, -0.05) is 66.2 Å². The maximum absolute atomic E-state index is 13.4. The van der Waals surface area contributed by atoms with Crippen LogP contribution in [-0.2, 0) is 6.54 Å². The molecule has 0 fully saturated rings. The monoisotopic (exact) mass is 436 g/mol. The molecule has 2 heterocycles. The second-order valence-electron chi connectivity index (χ2n) is 8.29. The van der Waals surface area contributed by atoms with Gasteiger partial charge < -0.3 is 5.32 Å². The molecule has 158 valence electrons. The van der Waals surface area contributed by atoms with Gasteiger partial charge in [-0.05, 0) is 49.1 Å². The Bertz CT molecular complexity index is 1460. The quantitative estimate of drug-likeness (QED) is 0.330. The Hall–Kier alpha value is -3.50. The van der Waals surface area contributed by atoms with E-state index in [0.717, 1.165) is 42.6 Å². The molecule has 0 aliphatic carbocycles. The largest absolute Gasteiger partial charge is 0.347 e. The molecule has 2 aromatic heterocycles. The van der Waals surface area contributed by atoms with Crippen LogP contribution in [0.25, 0.3) is 32.1 Å². The lowest BCUT2D eigenvalue weighted by Gasteiger charge is -2.09. The van der Waals surface area contributed by atoms with Gasteiger partial charge in [0.05, 0.1) is 5.52 Å². The van der Waals surface area contributed by atoms with Crippen LogP contribution in [-0.4, -0.2) is 10.9 Å². The van der Waals surface area contributed by atoms with Crippen LogP contribution in [0.4, 0.5) is 0 Å². The molecule has 0 saturated carbocycles. The van der Waals surface area contributed by atoms with Gasteiger partial charge in [-0.2, -0.15) is 0 Å². The Labute approximate surface area is 191 Å². The molecule has 1 amide bonds. The van der Waals surface area contributed by atoms with Crippen LogP contribution < -0.4 is 5.32 Å². The molecular weight excluding hydrogens is 412 g/mol. The van der Waals surface area contributed by atoms with Gasteiger partial charge in [0, 0.05) is 33.8 Å². The lowest BCUT2D eigenvalue weighted by atomic mass is 9.98. The third-order valence-corrected chi connectivity index (χ3v) is 7.24. The van der Waals surface area contributed by atoms with Crippen LogP contribution in [0.3, 0.4) is 0 Å². The van der Waals surface area contributed by atoms with Crippen LogP contribution in [0.1, 0.15) is 31.9 Å². The predicted octanol–water partition coefficient (Wildman–Crippen LogP) is 6.97. The lowest BCUT2D eigenvalue weighted by molar-refractivity contribution is 0.0955. The molecule has 4 heteroatoms. The number of nitrogens with zero attached hydrogens (tertiary/aromatic N) is 1. The van der Waals surface area contributed by atoms with Crippen molar-refractivity contribution in [3.63, 3.8) is 0 Å². The summed E-state index contributed by atoms with van der Waals surface area (Å²) in [5.41, 5.74) is 7.71. The third-order valence-electron chi connectivity index (χ3n) is 6.00. The number of fused-ring (bicyclic) bond motifs is 3. The summed E-state index contributed by atoms with van der Waals surface area (Å²) in [6, 6.07) is 22.8. The van der Waals surface area contributed by atoms with Crippen molar-refractivity contribution < 1.29 is 4.79 Å². The van der Waals surface area contributed by atoms with E-state index in [-0.39, 0.29) is 5.91 Å². The van der Waals surface area contributed by atoms with E-state index in [1.807, 2.05) is 24.4 Å². The van der Waals surface area contributed by atoms with Crippen molar-refractivity contribution in [1.82, 2.24) is 10.3 Å². The normalized spacial score (nSPS) is 11.2. The lowest BCUT2D eigenvalue weighted by Crippen LogP contribution is -2.22. The van der Waals surface area contributed by atoms with E-state index >= 15 is 0 Å². The molecule has 0 radical (unpaired) electrons. The SMILES string of the molecule is Cc1ccc(CNC(=O)c2sc3c(cnc4ccccc43)c2-c2ccc(C)c(C)c2)cc1. The molecule has 0 unspecified atom stereocenters. The Morgan fingerprint density at radius 2 is 1.69 bits per heavy atom. The van der Waals surface area contributed by atoms with Crippen LogP contribution in [0.5, 0.6) is 0 Å². The number of carbonyl (C=O) groups is 1. The highest BCUT2D eigenvalue weighted by Crippen LogP contribution is 2.41. The van der Waals surface area contributed by atoms with E-state index in [1.165, 1.54) is 16.7 Å². The molecule has 0 saturated heterocycles. The Morgan fingerprint density at radius 1 is 0.906 bits per heavy atom. The fraction of sp³-hybridized carbons (Fsp3) is 0.143. The molecule has 0 spiro atoms. The number of hydrogen-bond donors (Lipinski definition) is 1. The average Bonchev–Trinajstić information content (AvgIpc) is 3.20. The van der Waals surface area contributed by atoms with E-state index in [1.54, 1.807) is 11.3 Å². The smallest absolute Gasteiger partial charge is 0.262 e. The molecule has 0 aliphatic rings. The van der Waals surface area contributed by atoms with Crippen LogP contribution in [0.2, 0.25) is 0 Å². The number of aromatic nitrogens is 1. The van der Waals surface area contributed by atoms with Gasteiger partial charge in [-0.3, -0.25) is 9.78 Å². The summed E-state index contributed by atoms with van der Waals surface area (Å²) in [5.74, 6) is -0.0518. The molecule has 1 N–H and O–H groups in total. The standard InChI is InChI=1S/C28H24N2OS/c1-17-8-11-20(12-9-17)15-30-28(31)27-25(21-13-10-18(2)19(3)14-21)23-16-29-24-7-5-4-6-22(24)26(23)32-27/h4-14,16H,15H2,1-3H3,(H,30,31). The number of carbonyl (C=O) groups excluding carboxylic acids is 1. The van der Waals surface area contributed by atoms with Crippen molar-refractivity contribution in [3.8, 4) is 11.1 Å². The first-order valence-electron chi connectivity index (χ1n) is 10.7. The molecule has 0 atom stereocenters. The molecule has 0 aliphatic heterocycles. The zero-order chi connectivity index (χ0) is 22.2. The first-order chi connectivity index (χ1) is 15.5. The summed E-state index contributed by atoms with van der Waals surface area (Å²) >= 11 is 1.55. The van der Waals surface area contributed by atoms with Crippen molar-refractivity contribution >= 4 is 38.2 Å². The van der Waals surface area contributed by atoms with Crippen LogP contribution in [0.15, 0.2) is 72.9 Å². The minimum atomic E-state index is -0.0518. The minimum absolute atomic E-state index is 0.0518. The summed E-state index contributed by atoms with van der Waals surface area (Å²) in [7, 11) is 0. The number of aryl methyl sites for hydroxylation is 3. The van der Waals surface area contributed by atoms with Gasteiger partial charge in [-0.25, -0.2) is 0 Å². The number of rotatable bonds is 4. The van der Waals surface area contributed by atoms with E-state index in [2.05, 4.69) is 79.6 Å². The van der Waals surface area contributed by atoms with Crippen molar-refractivity contribution in [3.05, 3.63) is 100 Å². The van der Waals surface area contributed by atoms with Crippen molar-refractivity contribution in [2.75, 3.05) is 0 Å². The van der Waals surface area contributed by atoms with E-state index in [9.17, 15) is 4.79 Å². The highest BCUT2D eigenvalue weighted by atomic mass is 32.1. The molecule has 32 heavy (non-hydrogen) atoms. The third kappa shape index (κ3) is 3.67.